The number of hydrogen-bond donors (Lipinski definition) is 0. The first kappa shape index (κ1) is 24.2. The molecule has 0 aliphatic rings. The van der Waals surface area contributed by atoms with Crippen LogP contribution < -0.4 is 37.2 Å². The summed E-state index contributed by atoms with van der Waals surface area (Å²) in [4.78, 5) is 0. The van der Waals surface area contributed by atoms with Gasteiger partial charge in [-0.3, -0.25) is 0 Å². The van der Waals surface area contributed by atoms with Gasteiger partial charge in [0.25, 0.3) is 0 Å². The number of hydrogen-bond acceptors (Lipinski definition) is 0. The van der Waals surface area contributed by atoms with E-state index >= 15 is 0 Å². The topological polar surface area (TPSA) is 0 Å². The van der Waals surface area contributed by atoms with Crippen LogP contribution in [0.4, 0.5) is 0 Å². The van der Waals surface area contributed by atoms with Crippen LogP contribution in [0, 0.1) is 6.92 Å². The second kappa shape index (κ2) is 9.96. The van der Waals surface area contributed by atoms with Gasteiger partial charge in [-0.25, -0.2) is 12.1 Å². The summed E-state index contributed by atoms with van der Waals surface area (Å²) in [6.07, 6.45) is 0. The minimum atomic E-state index is 0. The van der Waals surface area contributed by atoms with E-state index in [1.54, 1.807) is 0 Å². The Hall–Kier alpha value is 0.154. The molecule has 2 aromatic rings. The number of halogens is 3. The number of aryl methyl sites for hydroxylation is 1. The third-order valence-corrected chi connectivity index (χ3v) is 3.16. The average Bonchev–Trinajstić information content (AvgIpc) is 2.71. The molecule has 0 aliphatic heterocycles. The summed E-state index contributed by atoms with van der Waals surface area (Å²) in [5.74, 6) is 0. The quantitative estimate of drug-likeness (QED) is 0.376. The van der Waals surface area contributed by atoms with Gasteiger partial charge in [-0.1, -0.05) is 43.7 Å². The predicted octanol–water partition coefficient (Wildman–Crippen LogP) is -4.95. The van der Waals surface area contributed by atoms with E-state index in [9.17, 15) is 0 Å². The molecule has 0 spiro atoms. The van der Waals surface area contributed by atoms with Gasteiger partial charge < -0.3 is 37.2 Å². The van der Waals surface area contributed by atoms with E-state index in [1.165, 1.54) is 16.7 Å². The molecule has 0 N–H and O–H groups in total. The standard InChI is InChI=1S/C15H17.3ClH.Ti/c1-12-8-10-14(11-9-12)15(2,3)13-6-4-5-7-13;;;;/h4-11H,1-3H3;3*1H;/q-1;;;;+4/p-3. The fourth-order valence-electron chi connectivity index (χ4n) is 1.93. The van der Waals surface area contributed by atoms with Gasteiger partial charge in [0, 0.05) is 0 Å². The van der Waals surface area contributed by atoms with Gasteiger partial charge in [-0.05, 0) is 17.9 Å². The predicted molar refractivity (Wildman–Crippen MR) is 65.3 cm³/mol. The fraction of sp³-hybridized carbons (Fsp3) is 0.267. The van der Waals surface area contributed by atoms with Gasteiger partial charge in [0.2, 0.25) is 0 Å². The summed E-state index contributed by atoms with van der Waals surface area (Å²) >= 11 is 0. The molecule has 0 aliphatic carbocycles. The van der Waals surface area contributed by atoms with Crippen LogP contribution in [0.1, 0.15) is 30.5 Å². The normalized spacial score (nSPS) is 9.21. The van der Waals surface area contributed by atoms with E-state index in [4.69, 9.17) is 0 Å². The van der Waals surface area contributed by atoms with E-state index in [1.807, 2.05) is 0 Å². The summed E-state index contributed by atoms with van der Waals surface area (Å²) in [5, 5.41) is 0. The Bertz CT molecular complexity index is 433. The largest absolute Gasteiger partial charge is 4.00 e. The summed E-state index contributed by atoms with van der Waals surface area (Å²) in [5.41, 5.74) is 4.18. The molecule has 0 radical (unpaired) electrons. The molecule has 4 heteroatoms. The molecule has 0 bridgehead atoms. The Kier molecular flexibility index (Phi) is 12.7. The molecule has 0 heterocycles. The van der Waals surface area contributed by atoms with Gasteiger partial charge in [-0.15, -0.1) is 5.56 Å². The Morgan fingerprint density at radius 1 is 0.842 bits per heavy atom. The van der Waals surface area contributed by atoms with Crippen molar-refractivity contribution in [3.63, 3.8) is 0 Å². The van der Waals surface area contributed by atoms with Crippen molar-refractivity contribution in [1.82, 2.24) is 0 Å². The van der Waals surface area contributed by atoms with E-state index in [0.717, 1.165) is 0 Å². The van der Waals surface area contributed by atoms with Crippen molar-refractivity contribution in [3.05, 3.63) is 65.2 Å². The maximum atomic E-state index is 2.27. The van der Waals surface area contributed by atoms with E-state index in [-0.39, 0.29) is 64.4 Å². The third-order valence-electron chi connectivity index (χ3n) is 3.16. The van der Waals surface area contributed by atoms with Crippen molar-refractivity contribution >= 4 is 0 Å². The second-order valence-corrected chi connectivity index (χ2v) is 4.66. The van der Waals surface area contributed by atoms with Gasteiger partial charge in [0.1, 0.15) is 0 Å². The van der Waals surface area contributed by atoms with Crippen LogP contribution >= 0.6 is 0 Å². The minimum Gasteiger partial charge on any atom is -1.00 e. The van der Waals surface area contributed by atoms with Crippen LogP contribution in [0.15, 0.2) is 48.5 Å². The van der Waals surface area contributed by atoms with Crippen molar-refractivity contribution in [1.29, 1.82) is 0 Å². The Morgan fingerprint density at radius 2 is 1.26 bits per heavy atom. The maximum Gasteiger partial charge on any atom is 4.00 e. The van der Waals surface area contributed by atoms with Crippen LogP contribution in [-0.4, -0.2) is 0 Å². The molecule has 19 heavy (non-hydrogen) atoms. The molecule has 2 aromatic carbocycles. The zero-order valence-electron chi connectivity index (χ0n) is 11.3. The van der Waals surface area contributed by atoms with Gasteiger partial charge >= 0.3 is 21.7 Å². The molecule has 0 amide bonds. The monoisotopic (exact) mass is 350 g/mol. The van der Waals surface area contributed by atoms with Crippen molar-refractivity contribution in [2.75, 3.05) is 0 Å². The van der Waals surface area contributed by atoms with Crippen LogP contribution in [0.3, 0.4) is 0 Å². The van der Waals surface area contributed by atoms with Crippen LogP contribution in [0.25, 0.3) is 0 Å². The SMILES string of the molecule is Cc1ccc(C(C)(C)[c-]2cccc2)cc1.[Cl-].[Cl-].[Cl-].[Ti+4]. The first-order valence-corrected chi connectivity index (χ1v) is 5.40. The summed E-state index contributed by atoms with van der Waals surface area (Å²) in [6.45, 7) is 6.67. The molecule has 2 rings (SSSR count). The third kappa shape index (κ3) is 5.57. The molecule has 0 atom stereocenters. The molecule has 0 saturated carbocycles. The van der Waals surface area contributed by atoms with E-state index < -0.39 is 0 Å². The number of benzene rings is 1. The van der Waals surface area contributed by atoms with Crippen LogP contribution in [-0.2, 0) is 27.1 Å². The molecule has 102 valence electrons. The van der Waals surface area contributed by atoms with Crippen molar-refractivity contribution in [3.8, 4) is 0 Å². The fourth-order valence-corrected chi connectivity index (χ4v) is 1.93. The first-order chi connectivity index (χ1) is 7.10. The Balaban J connectivity index is -0.000000640. The molecule has 0 aromatic heterocycles. The molecular weight excluding hydrogens is 334 g/mol. The first-order valence-electron chi connectivity index (χ1n) is 5.40. The molecular formula is C15H17Cl3Ti. The minimum absolute atomic E-state index is 0. The van der Waals surface area contributed by atoms with Gasteiger partial charge in [0.15, 0.2) is 0 Å². The van der Waals surface area contributed by atoms with Gasteiger partial charge in [-0.2, -0.15) is 12.1 Å². The average molecular weight is 352 g/mol. The Morgan fingerprint density at radius 3 is 1.68 bits per heavy atom. The number of rotatable bonds is 2. The molecule has 0 nitrogen and oxygen atoms in total. The maximum absolute atomic E-state index is 2.27. The zero-order valence-corrected chi connectivity index (χ0v) is 15.1. The van der Waals surface area contributed by atoms with Crippen molar-refractivity contribution in [2.24, 2.45) is 0 Å². The van der Waals surface area contributed by atoms with Gasteiger partial charge in [0.05, 0.1) is 0 Å². The van der Waals surface area contributed by atoms with Crippen LogP contribution in [0.5, 0.6) is 0 Å². The zero-order chi connectivity index (χ0) is 10.9. The second-order valence-electron chi connectivity index (χ2n) is 4.66. The molecule has 0 saturated heterocycles. The van der Waals surface area contributed by atoms with Crippen molar-refractivity contribution in [2.45, 2.75) is 26.2 Å². The summed E-state index contributed by atoms with van der Waals surface area (Å²) in [7, 11) is 0. The van der Waals surface area contributed by atoms with E-state index in [2.05, 4.69) is 69.3 Å². The van der Waals surface area contributed by atoms with Crippen LogP contribution in [0.2, 0.25) is 0 Å². The van der Waals surface area contributed by atoms with Crippen molar-refractivity contribution < 1.29 is 58.9 Å². The summed E-state index contributed by atoms with van der Waals surface area (Å²) in [6, 6.07) is 17.4. The molecule has 0 unspecified atom stereocenters. The smallest absolute Gasteiger partial charge is 1.00 e. The summed E-state index contributed by atoms with van der Waals surface area (Å²) < 4.78 is 0. The molecule has 0 fully saturated rings. The van der Waals surface area contributed by atoms with E-state index in [0.29, 0.717) is 0 Å². The Labute approximate surface area is 149 Å².